The predicted molar refractivity (Wildman–Crippen MR) is 133 cm³/mol. The third-order valence-electron chi connectivity index (χ3n) is 5.94. The van der Waals surface area contributed by atoms with E-state index < -0.39 is 5.79 Å². The Kier molecular flexibility index (Phi) is 5.56. The third kappa shape index (κ3) is 4.38. The monoisotopic (exact) mass is 460 g/mol. The Hall–Kier alpha value is -3.73. The molecule has 10 nitrogen and oxygen atoms in total. The van der Waals surface area contributed by atoms with Gasteiger partial charge in [-0.3, -0.25) is 0 Å². The summed E-state index contributed by atoms with van der Waals surface area (Å²) in [5, 5.41) is 15.6. The summed E-state index contributed by atoms with van der Waals surface area (Å²) < 4.78 is 8.08. The van der Waals surface area contributed by atoms with E-state index in [1.807, 2.05) is 42.6 Å². The molecule has 7 N–H and O–H groups in total. The van der Waals surface area contributed by atoms with Crippen LogP contribution in [-0.4, -0.2) is 43.1 Å². The number of ether oxygens (including phenoxy) is 1. The molecule has 1 aromatic carbocycles. The smallest absolute Gasteiger partial charge is 0.160 e. The average Bonchev–Trinajstić information content (AvgIpc) is 3.40. The zero-order chi connectivity index (χ0) is 23.9. The molecule has 1 unspecified atom stereocenters. The van der Waals surface area contributed by atoms with Gasteiger partial charge in [0.2, 0.25) is 0 Å². The molecule has 1 aliphatic rings. The van der Waals surface area contributed by atoms with Gasteiger partial charge in [-0.15, -0.1) is 0 Å². The number of aliphatic hydroxyl groups is 1. The largest absolute Gasteiger partial charge is 0.383 e. The van der Waals surface area contributed by atoms with Crippen molar-refractivity contribution < 1.29 is 9.84 Å². The molecule has 2 atom stereocenters. The topological polar surface area (TPSA) is 149 Å². The molecule has 1 aliphatic carbocycles. The summed E-state index contributed by atoms with van der Waals surface area (Å²) in [6, 6.07) is 11.7. The van der Waals surface area contributed by atoms with Crippen molar-refractivity contribution in [1.29, 1.82) is 0 Å². The number of hydrogen-bond donors (Lipinski definition) is 5. The first kappa shape index (κ1) is 22.1. The van der Waals surface area contributed by atoms with Gasteiger partial charge < -0.3 is 30.9 Å². The number of nitrogens with zero attached hydrogens (tertiary/aromatic N) is 4. The fraction of sp³-hybridized carbons (Fsp3) is 0.292. The summed E-state index contributed by atoms with van der Waals surface area (Å²) in [4.78, 5) is 13.0. The number of benzene rings is 1. The molecule has 34 heavy (non-hydrogen) atoms. The standard InChI is InChI=1S/C24H28N8O2/c1-24(2,33)34-20-11-17(32-8-7-18-22(25)28-13-29-23(18)32)9-15(20)12-27-16-5-3-14-4-6-21(31-26)30-19(14)10-16/h3-10,13,17,20,27,33H,11-12,26H2,1-2H3,(H,30,31)(H2,25,28,29)/t17?,20-/m0/s1. The number of nitrogens with one attached hydrogen (secondary N) is 2. The third-order valence-corrected chi connectivity index (χ3v) is 5.94. The van der Waals surface area contributed by atoms with Crippen LogP contribution in [-0.2, 0) is 4.74 Å². The van der Waals surface area contributed by atoms with Crippen LogP contribution in [0.15, 0.2) is 60.6 Å². The Balaban J connectivity index is 1.41. The second-order valence-corrected chi connectivity index (χ2v) is 8.92. The van der Waals surface area contributed by atoms with Crippen LogP contribution in [0.2, 0.25) is 0 Å². The zero-order valence-corrected chi connectivity index (χ0v) is 19.1. The molecule has 3 heterocycles. The normalized spacial score (nSPS) is 18.4. The van der Waals surface area contributed by atoms with Crippen molar-refractivity contribution in [3.63, 3.8) is 0 Å². The van der Waals surface area contributed by atoms with E-state index in [0.717, 1.165) is 33.2 Å². The maximum absolute atomic E-state index is 10.3. The highest BCUT2D eigenvalue weighted by molar-refractivity contribution is 5.86. The number of pyridine rings is 1. The van der Waals surface area contributed by atoms with Gasteiger partial charge in [0.05, 0.1) is 23.0 Å². The number of anilines is 3. The number of nitrogen functional groups attached to an aromatic ring is 2. The van der Waals surface area contributed by atoms with Gasteiger partial charge in [-0.25, -0.2) is 20.8 Å². The van der Waals surface area contributed by atoms with E-state index in [1.165, 1.54) is 6.33 Å². The van der Waals surface area contributed by atoms with Crippen LogP contribution in [0.3, 0.4) is 0 Å². The lowest BCUT2D eigenvalue weighted by molar-refractivity contribution is -0.197. The summed E-state index contributed by atoms with van der Waals surface area (Å²) >= 11 is 0. The van der Waals surface area contributed by atoms with Crippen LogP contribution < -0.4 is 22.3 Å². The van der Waals surface area contributed by atoms with Gasteiger partial charge in [-0.05, 0) is 49.8 Å². The Morgan fingerprint density at radius 3 is 2.82 bits per heavy atom. The van der Waals surface area contributed by atoms with Gasteiger partial charge in [-0.2, -0.15) is 0 Å². The molecule has 0 amide bonds. The fourth-order valence-corrected chi connectivity index (χ4v) is 4.40. The zero-order valence-electron chi connectivity index (χ0n) is 19.1. The lowest BCUT2D eigenvalue weighted by Gasteiger charge is -2.26. The number of hydrogen-bond acceptors (Lipinski definition) is 9. The minimum atomic E-state index is -1.26. The highest BCUT2D eigenvalue weighted by Gasteiger charge is 2.32. The van der Waals surface area contributed by atoms with E-state index in [1.54, 1.807) is 13.8 Å². The summed E-state index contributed by atoms with van der Waals surface area (Å²) in [7, 11) is 0. The second-order valence-electron chi connectivity index (χ2n) is 8.92. The molecule has 0 saturated carbocycles. The van der Waals surface area contributed by atoms with E-state index in [-0.39, 0.29) is 12.1 Å². The molecule has 0 bridgehead atoms. The molecular weight excluding hydrogens is 432 g/mol. The maximum Gasteiger partial charge on any atom is 0.160 e. The minimum absolute atomic E-state index is 0.00686. The van der Waals surface area contributed by atoms with Crippen molar-refractivity contribution in [2.45, 2.75) is 38.2 Å². The average molecular weight is 461 g/mol. The molecule has 0 spiro atoms. The van der Waals surface area contributed by atoms with Crippen molar-refractivity contribution in [2.75, 3.05) is 23.0 Å². The first-order valence-corrected chi connectivity index (χ1v) is 11.1. The highest BCUT2D eigenvalue weighted by Crippen LogP contribution is 2.35. The Morgan fingerprint density at radius 1 is 1.21 bits per heavy atom. The first-order chi connectivity index (χ1) is 16.3. The lowest BCUT2D eigenvalue weighted by Crippen LogP contribution is -2.31. The molecule has 176 valence electrons. The molecule has 4 aromatic rings. The predicted octanol–water partition coefficient (Wildman–Crippen LogP) is 2.94. The molecular formula is C24H28N8O2. The Bertz CT molecular complexity index is 1370. The summed E-state index contributed by atoms with van der Waals surface area (Å²) in [6.45, 7) is 3.83. The van der Waals surface area contributed by atoms with Crippen molar-refractivity contribution in [1.82, 2.24) is 19.5 Å². The van der Waals surface area contributed by atoms with Crippen molar-refractivity contribution >= 4 is 39.3 Å². The molecule has 0 fully saturated rings. The second kappa shape index (κ2) is 8.56. The van der Waals surface area contributed by atoms with E-state index in [9.17, 15) is 5.11 Å². The fourth-order valence-electron chi connectivity index (χ4n) is 4.40. The van der Waals surface area contributed by atoms with Crippen LogP contribution >= 0.6 is 0 Å². The summed E-state index contributed by atoms with van der Waals surface area (Å²) in [5.41, 5.74) is 12.2. The molecule has 0 radical (unpaired) electrons. The SMILES string of the molecule is CC(C)(O)O[C@H]1CC(n2ccc3c(N)ncnc32)C=C1CNc1ccc2ccc(NN)nc2c1. The van der Waals surface area contributed by atoms with Crippen LogP contribution in [0.5, 0.6) is 0 Å². The van der Waals surface area contributed by atoms with E-state index in [2.05, 4.69) is 36.3 Å². The molecule has 0 saturated heterocycles. The molecule has 0 aliphatic heterocycles. The number of rotatable bonds is 7. The van der Waals surface area contributed by atoms with Crippen molar-refractivity contribution in [3.05, 3.63) is 60.6 Å². The van der Waals surface area contributed by atoms with Gasteiger partial charge in [-0.1, -0.05) is 12.1 Å². The number of fused-ring (bicyclic) bond motifs is 2. The number of allylic oxidation sites excluding steroid dienone is 1. The Labute approximate surface area is 196 Å². The highest BCUT2D eigenvalue weighted by atomic mass is 16.6. The van der Waals surface area contributed by atoms with Crippen LogP contribution in [0, 0.1) is 0 Å². The Morgan fingerprint density at radius 2 is 2.03 bits per heavy atom. The minimum Gasteiger partial charge on any atom is -0.383 e. The van der Waals surface area contributed by atoms with Crippen molar-refractivity contribution in [3.8, 4) is 0 Å². The van der Waals surface area contributed by atoms with Gasteiger partial charge in [0.25, 0.3) is 0 Å². The van der Waals surface area contributed by atoms with Gasteiger partial charge >= 0.3 is 0 Å². The van der Waals surface area contributed by atoms with Crippen LogP contribution in [0.4, 0.5) is 17.3 Å². The van der Waals surface area contributed by atoms with Crippen molar-refractivity contribution in [2.24, 2.45) is 5.84 Å². The molecule has 10 heteroatoms. The van der Waals surface area contributed by atoms with Gasteiger partial charge in [0.15, 0.2) is 5.79 Å². The lowest BCUT2D eigenvalue weighted by atomic mass is 10.1. The van der Waals surface area contributed by atoms with Crippen LogP contribution in [0.25, 0.3) is 21.9 Å². The number of aromatic nitrogens is 4. The summed E-state index contributed by atoms with van der Waals surface area (Å²) in [6.07, 6.45) is 6.00. The summed E-state index contributed by atoms with van der Waals surface area (Å²) in [5.74, 6) is 5.29. The van der Waals surface area contributed by atoms with Gasteiger partial charge in [0, 0.05) is 30.2 Å². The number of hydrazine groups is 1. The van der Waals surface area contributed by atoms with Gasteiger partial charge in [0.1, 0.15) is 23.6 Å². The number of nitrogens with two attached hydrogens (primary N) is 2. The van der Waals surface area contributed by atoms with E-state index >= 15 is 0 Å². The first-order valence-electron chi connectivity index (χ1n) is 11.1. The van der Waals surface area contributed by atoms with E-state index in [4.69, 9.17) is 16.3 Å². The quantitative estimate of drug-likeness (QED) is 0.121. The maximum atomic E-state index is 10.3. The molecule has 5 rings (SSSR count). The molecule has 3 aromatic heterocycles. The van der Waals surface area contributed by atoms with Crippen LogP contribution in [0.1, 0.15) is 26.3 Å². The van der Waals surface area contributed by atoms with E-state index in [0.29, 0.717) is 24.6 Å².